The minimum atomic E-state index is -0.947. The largest absolute Gasteiger partial charge is 0.465 e. The lowest BCUT2D eigenvalue weighted by Crippen LogP contribution is -2.63. The number of imide groups is 1. The third-order valence-corrected chi connectivity index (χ3v) is 7.52. The maximum absolute atomic E-state index is 13.8. The van der Waals surface area contributed by atoms with Crippen molar-refractivity contribution in [3.63, 3.8) is 0 Å². The lowest BCUT2D eigenvalue weighted by atomic mass is 10.0. The zero-order valence-electron chi connectivity index (χ0n) is 24.7. The molecule has 1 aromatic rings. The highest BCUT2D eigenvalue weighted by Gasteiger charge is 2.46. The zero-order valence-corrected chi connectivity index (χ0v) is 24.7. The number of unbranched alkanes of at least 4 members (excludes halogenated alkanes) is 1. The smallest absolute Gasteiger partial charge is 0.331 e. The second-order valence-electron chi connectivity index (χ2n) is 11.8. The Morgan fingerprint density at radius 1 is 1.02 bits per heavy atom. The van der Waals surface area contributed by atoms with Crippen LogP contribution in [0.1, 0.15) is 93.4 Å². The first kappa shape index (κ1) is 31.1. The predicted molar refractivity (Wildman–Crippen MR) is 150 cm³/mol. The molecule has 3 aliphatic heterocycles. The van der Waals surface area contributed by atoms with Gasteiger partial charge in [0, 0.05) is 19.5 Å². The topological polar surface area (TPSA) is 143 Å². The van der Waals surface area contributed by atoms with Gasteiger partial charge in [0.2, 0.25) is 5.91 Å². The molecular weight excluding hydrogens is 544 g/mol. The summed E-state index contributed by atoms with van der Waals surface area (Å²) < 4.78 is 10.8. The quantitative estimate of drug-likeness (QED) is 0.249. The molecule has 1 aromatic carbocycles. The van der Waals surface area contributed by atoms with Gasteiger partial charge in [-0.3, -0.25) is 39.2 Å². The van der Waals surface area contributed by atoms with E-state index in [0.29, 0.717) is 43.4 Å². The molecule has 0 bridgehead atoms. The van der Waals surface area contributed by atoms with E-state index in [-0.39, 0.29) is 50.1 Å². The lowest BCUT2D eigenvalue weighted by Gasteiger charge is -2.43. The van der Waals surface area contributed by atoms with Gasteiger partial charge in [0.1, 0.15) is 11.6 Å². The Kier molecular flexibility index (Phi) is 9.65. The van der Waals surface area contributed by atoms with Crippen molar-refractivity contribution in [2.24, 2.45) is 0 Å². The normalized spacial score (nSPS) is 21.6. The first-order chi connectivity index (χ1) is 19.9. The summed E-state index contributed by atoms with van der Waals surface area (Å²) in [5.41, 5.74) is -0.00395. The van der Waals surface area contributed by atoms with Crippen LogP contribution in [-0.4, -0.2) is 93.9 Å². The summed E-state index contributed by atoms with van der Waals surface area (Å²) in [4.78, 5) is 79.3. The van der Waals surface area contributed by atoms with E-state index in [1.807, 2.05) is 0 Å². The van der Waals surface area contributed by atoms with Crippen LogP contribution in [0.15, 0.2) is 24.3 Å². The maximum atomic E-state index is 13.8. The summed E-state index contributed by atoms with van der Waals surface area (Å²) in [5, 5.41) is 5.66. The molecule has 0 aromatic heterocycles. The van der Waals surface area contributed by atoms with Crippen LogP contribution in [-0.2, 0) is 28.7 Å². The standard InChI is InChI=1S/C30H40N4O8/c1-5-41-28(39)22(13-8-9-17-32-25(36)19-11-6-7-12-20(19)26(32)37)31-21-15-16-24(35)33-18-10-14-23(34(33)27(21)38)29(40)42-30(2,3)4/h6-7,11-12,21-23,31H,5,8-10,13-18H2,1-4H3. The van der Waals surface area contributed by atoms with Crippen molar-refractivity contribution >= 4 is 35.6 Å². The Bertz CT molecular complexity index is 1210. The van der Waals surface area contributed by atoms with Gasteiger partial charge in [-0.15, -0.1) is 0 Å². The van der Waals surface area contributed by atoms with Gasteiger partial charge in [0.25, 0.3) is 17.7 Å². The second-order valence-corrected chi connectivity index (χ2v) is 11.8. The molecule has 42 heavy (non-hydrogen) atoms. The number of fused-ring (bicyclic) bond motifs is 2. The lowest BCUT2D eigenvalue weighted by molar-refractivity contribution is -0.188. The Labute approximate surface area is 245 Å². The number of nitrogens with one attached hydrogen (secondary N) is 1. The predicted octanol–water partition coefficient (Wildman–Crippen LogP) is 2.21. The molecule has 0 aliphatic carbocycles. The van der Waals surface area contributed by atoms with Crippen LogP contribution in [0.3, 0.4) is 0 Å². The number of carbonyl (C=O) groups excluding carboxylic acids is 6. The third kappa shape index (κ3) is 6.80. The van der Waals surface area contributed by atoms with Gasteiger partial charge in [0.05, 0.1) is 23.8 Å². The fraction of sp³-hybridized carbons (Fsp3) is 0.600. The van der Waals surface area contributed by atoms with Crippen LogP contribution in [0.25, 0.3) is 0 Å². The van der Waals surface area contributed by atoms with Crippen LogP contribution >= 0.6 is 0 Å². The van der Waals surface area contributed by atoms with E-state index in [1.165, 1.54) is 14.9 Å². The van der Waals surface area contributed by atoms with E-state index < -0.39 is 41.6 Å². The first-order valence-corrected chi connectivity index (χ1v) is 14.7. The molecule has 3 unspecified atom stereocenters. The number of nitrogens with zero attached hydrogens (tertiary/aromatic N) is 3. The summed E-state index contributed by atoms with van der Waals surface area (Å²) in [6.45, 7) is 7.55. The van der Waals surface area contributed by atoms with Crippen LogP contribution in [0.5, 0.6) is 0 Å². The van der Waals surface area contributed by atoms with E-state index in [4.69, 9.17) is 9.47 Å². The molecule has 0 spiro atoms. The minimum Gasteiger partial charge on any atom is -0.465 e. The van der Waals surface area contributed by atoms with Crippen LogP contribution < -0.4 is 5.32 Å². The van der Waals surface area contributed by atoms with Gasteiger partial charge in [-0.2, -0.15) is 0 Å². The summed E-state index contributed by atoms with van der Waals surface area (Å²) in [7, 11) is 0. The van der Waals surface area contributed by atoms with Crippen molar-refractivity contribution in [3.8, 4) is 0 Å². The fourth-order valence-corrected chi connectivity index (χ4v) is 5.59. The zero-order chi connectivity index (χ0) is 30.6. The highest BCUT2D eigenvalue weighted by molar-refractivity contribution is 6.21. The van der Waals surface area contributed by atoms with Gasteiger partial charge >= 0.3 is 11.9 Å². The van der Waals surface area contributed by atoms with Crippen molar-refractivity contribution in [3.05, 3.63) is 35.4 Å². The Balaban J connectivity index is 1.43. The SMILES string of the molecule is CCOC(=O)C(CCCCN1C(=O)c2ccccc2C1=O)NC1CCC(=O)N2CCCC(C(=O)OC(C)(C)C)N2C1=O. The Hall–Kier alpha value is -3.80. The summed E-state index contributed by atoms with van der Waals surface area (Å²) >= 11 is 0. The molecule has 0 radical (unpaired) electrons. The number of ether oxygens (including phenoxy) is 2. The molecule has 12 nitrogen and oxygen atoms in total. The van der Waals surface area contributed by atoms with Crippen LogP contribution in [0.4, 0.5) is 0 Å². The second kappa shape index (κ2) is 13.0. The van der Waals surface area contributed by atoms with E-state index in [1.54, 1.807) is 52.0 Å². The molecule has 0 saturated carbocycles. The van der Waals surface area contributed by atoms with E-state index in [9.17, 15) is 28.8 Å². The van der Waals surface area contributed by atoms with Gasteiger partial charge < -0.3 is 9.47 Å². The maximum Gasteiger partial charge on any atom is 0.331 e. The molecule has 2 saturated heterocycles. The number of rotatable bonds is 10. The highest BCUT2D eigenvalue weighted by atomic mass is 16.6. The fourth-order valence-electron chi connectivity index (χ4n) is 5.59. The van der Waals surface area contributed by atoms with Gasteiger partial charge in [-0.25, -0.2) is 9.80 Å². The van der Waals surface area contributed by atoms with Crippen molar-refractivity contribution in [1.82, 2.24) is 20.2 Å². The number of hydrogen-bond donors (Lipinski definition) is 1. The van der Waals surface area contributed by atoms with Gasteiger partial charge in [-0.05, 0) is 78.4 Å². The number of hydrazine groups is 1. The monoisotopic (exact) mass is 584 g/mol. The molecule has 2 fully saturated rings. The number of carbonyl (C=O) groups is 6. The van der Waals surface area contributed by atoms with Crippen LogP contribution in [0, 0.1) is 0 Å². The van der Waals surface area contributed by atoms with E-state index in [2.05, 4.69) is 5.32 Å². The van der Waals surface area contributed by atoms with Crippen molar-refractivity contribution in [2.45, 2.75) is 96.4 Å². The number of hydrogen-bond acceptors (Lipinski definition) is 9. The molecule has 3 heterocycles. The molecule has 3 aliphatic rings. The third-order valence-electron chi connectivity index (χ3n) is 7.52. The van der Waals surface area contributed by atoms with Crippen molar-refractivity contribution < 1.29 is 38.2 Å². The van der Waals surface area contributed by atoms with E-state index in [0.717, 1.165) is 0 Å². The molecule has 12 heteroatoms. The first-order valence-electron chi connectivity index (χ1n) is 14.7. The van der Waals surface area contributed by atoms with Crippen molar-refractivity contribution in [2.75, 3.05) is 19.7 Å². The van der Waals surface area contributed by atoms with Crippen molar-refractivity contribution in [1.29, 1.82) is 0 Å². The molecule has 228 valence electrons. The minimum absolute atomic E-state index is 0.0657. The molecule has 3 atom stereocenters. The van der Waals surface area contributed by atoms with Gasteiger partial charge in [0.15, 0.2) is 6.04 Å². The number of amides is 4. The van der Waals surface area contributed by atoms with Gasteiger partial charge in [-0.1, -0.05) is 12.1 Å². The average Bonchev–Trinajstić information content (AvgIpc) is 3.11. The van der Waals surface area contributed by atoms with E-state index >= 15 is 0 Å². The highest BCUT2D eigenvalue weighted by Crippen LogP contribution is 2.27. The Morgan fingerprint density at radius 2 is 1.69 bits per heavy atom. The molecule has 4 rings (SSSR count). The molecule has 4 amide bonds. The summed E-state index contributed by atoms with van der Waals surface area (Å²) in [6.07, 6.45) is 2.30. The number of esters is 2. The average molecular weight is 585 g/mol. The summed E-state index contributed by atoms with van der Waals surface area (Å²) in [6, 6.07) is 3.95. The Morgan fingerprint density at radius 3 is 2.31 bits per heavy atom. The summed E-state index contributed by atoms with van der Waals surface area (Å²) in [5.74, 6) is -2.54. The molecular formula is C30H40N4O8. The molecule has 1 N–H and O–H groups in total. The van der Waals surface area contributed by atoms with Crippen LogP contribution in [0.2, 0.25) is 0 Å². The number of benzene rings is 1.